The molecule has 0 N–H and O–H groups in total. The highest BCUT2D eigenvalue weighted by Gasteiger charge is 2.19. The van der Waals surface area contributed by atoms with Crippen LogP contribution in [0.3, 0.4) is 0 Å². The molecule has 6 aromatic rings. The molecule has 0 aliphatic rings. The first-order valence-electron chi connectivity index (χ1n) is 11.2. The Kier molecular flexibility index (Phi) is 5.07. The molecule has 0 aliphatic carbocycles. The van der Waals surface area contributed by atoms with Crippen molar-refractivity contribution in [3.63, 3.8) is 0 Å². The standard InChI is InChI=1S/C26H21N5O3S/c1-16-11-12-17(2)21(15-16)30-23(32)18-7-3-4-8-19(18)31-24(30)27-28-25(31)35-14-13-29-20-9-5-6-10-22(20)34-26(29)33/h3-12,15H,13-14H2,1-2H3. The molecule has 6 rings (SSSR count). The van der Waals surface area contributed by atoms with Gasteiger partial charge in [0, 0.05) is 12.3 Å². The van der Waals surface area contributed by atoms with Crippen molar-refractivity contribution >= 4 is 39.5 Å². The van der Waals surface area contributed by atoms with Crippen molar-refractivity contribution in [3.8, 4) is 5.69 Å². The Morgan fingerprint density at radius 1 is 0.914 bits per heavy atom. The van der Waals surface area contributed by atoms with Crippen LogP contribution in [0.4, 0.5) is 0 Å². The van der Waals surface area contributed by atoms with Gasteiger partial charge in [-0.15, -0.1) is 10.2 Å². The molecule has 0 saturated heterocycles. The number of thioether (sulfide) groups is 1. The van der Waals surface area contributed by atoms with E-state index < -0.39 is 0 Å². The van der Waals surface area contributed by atoms with Crippen LogP contribution in [0.15, 0.2) is 85.9 Å². The largest absolute Gasteiger partial charge is 0.419 e. The first kappa shape index (κ1) is 21.4. The number of hydrogen-bond donors (Lipinski definition) is 0. The van der Waals surface area contributed by atoms with E-state index in [1.165, 1.54) is 11.8 Å². The number of aromatic nitrogens is 5. The van der Waals surface area contributed by atoms with E-state index in [-0.39, 0.29) is 11.3 Å². The lowest BCUT2D eigenvalue weighted by Crippen LogP contribution is -2.22. The summed E-state index contributed by atoms with van der Waals surface area (Å²) < 4.78 is 10.5. The van der Waals surface area contributed by atoms with Crippen LogP contribution in [0, 0.1) is 13.8 Å². The minimum absolute atomic E-state index is 0.137. The zero-order valence-electron chi connectivity index (χ0n) is 19.1. The van der Waals surface area contributed by atoms with Crippen molar-refractivity contribution in [3.05, 3.63) is 98.8 Å². The zero-order chi connectivity index (χ0) is 24.1. The smallest absolute Gasteiger partial charge is 0.408 e. The van der Waals surface area contributed by atoms with E-state index >= 15 is 0 Å². The number of aryl methyl sites for hydroxylation is 3. The summed E-state index contributed by atoms with van der Waals surface area (Å²) in [5.74, 6) is 0.643. The zero-order valence-corrected chi connectivity index (χ0v) is 20.0. The van der Waals surface area contributed by atoms with E-state index in [0.717, 1.165) is 27.8 Å². The van der Waals surface area contributed by atoms with Crippen LogP contribution in [0.5, 0.6) is 0 Å². The minimum Gasteiger partial charge on any atom is -0.408 e. The summed E-state index contributed by atoms with van der Waals surface area (Å²) in [7, 11) is 0. The van der Waals surface area contributed by atoms with Gasteiger partial charge in [-0.2, -0.15) is 0 Å². The third kappa shape index (κ3) is 3.47. The first-order chi connectivity index (χ1) is 17.0. The first-order valence-corrected chi connectivity index (χ1v) is 12.2. The third-order valence-electron chi connectivity index (χ3n) is 6.12. The molecule has 0 bridgehead atoms. The van der Waals surface area contributed by atoms with Crippen LogP contribution < -0.4 is 11.3 Å². The van der Waals surface area contributed by atoms with Gasteiger partial charge >= 0.3 is 5.76 Å². The summed E-state index contributed by atoms with van der Waals surface area (Å²) in [6, 6.07) is 20.9. The second-order valence-corrected chi connectivity index (χ2v) is 9.46. The van der Waals surface area contributed by atoms with E-state index in [4.69, 9.17) is 4.42 Å². The summed E-state index contributed by atoms with van der Waals surface area (Å²) in [5, 5.41) is 10.1. The van der Waals surface area contributed by atoms with E-state index in [1.54, 1.807) is 15.2 Å². The summed E-state index contributed by atoms with van der Waals surface area (Å²) in [6.45, 7) is 4.43. The van der Waals surface area contributed by atoms with Crippen molar-refractivity contribution in [2.75, 3.05) is 5.75 Å². The second kappa shape index (κ2) is 8.28. The van der Waals surface area contributed by atoms with Crippen LogP contribution >= 0.6 is 11.8 Å². The topological polar surface area (TPSA) is 87.3 Å². The molecule has 0 atom stereocenters. The molecule has 0 amide bonds. The van der Waals surface area contributed by atoms with E-state index in [2.05, 4.69) is 10.2 Å². The van der Waals surface area contributed by atoms with Gasteiger partial charge in [-0.25, -0.2) is 9.36 Å². The average Bonchev–Trinajstić information content (AvgIpc) is 3.42. The van der Waals surface area contributed by atoms with Gasteiger partial charge in [-0.3, -0.25) is 13.8 Å². The predicted molar refractivity (Wildman–Crippen MR) is 137 cm³/mol. The number of fused-ring (bicyclic) bond motifs is 4. The SMILES string of the molecule is Cc1ccc(C)c(-n2c(=O)c3ccccc3n3c(SCCn4c(=O)oc5ccccc54)nnc23)c1. The molecular formula is C26H21N5O3S. The Bertz CT molecular complexity index is 1860. The van der Waals surface area contributed by atoms with Gasteiger partial charge in [-0.1, -0.05) is 48.2 Å². The summed E-state index contributed by atoms with van der Waals surface area (Å²) >= 11 is 1.48. The van der Waals surface area contributed by atoms with Crippen molar-refractivity contribution in [1.29, 1.82) is 0 Å². The van der Waals surface area contributed by atoms with E-state index in [1.807, 2.05) is 78.9 Å². The van der Waals surface area contributed by atoms with E-state index in [0.29, 0.717) is 34.2 Å². The Balaban J connectivity index is 1.46. The van der Waals surface area contributed by atoms with Gasteiger partial charge in [-0.05, 0) is 55.3 Å². The van der Waals surface area contributed by atoms with Crippen LogP contribution in [0.25, 0.3) is 33.5 Å². The number of hydrogen-bond acceptors (Lipinski definition) is 6. The van der Waals surface area contributed by atoms with Crippen molar-refractivity contribution < 1.29 is 4.42 Å². The molecular weight excluding hydrogens is 462 g/mol. The minimum atomic E-state index is -0.382. The maximum absolute atomic E-state index is 13.6. The highest BCUT2D eigenvalue weighted by atomic mass is 32.2. The molecule has 0 unspecified atom stereocenters. The maximum Gasteiger partial charge on any atom is 0.419 e. The number of rotatable bonds is 5. The molecule has 0 fully saturated rings. The number of oxazole rings is 1. The molecule has 0 radical (unpaired) electrons. The normalized spacial score (nSPS) is 11.7. The van der Waals surface area contributed by atoms with Crippen molar-refractivity contribution in [2.24, 2.45) is 0 Å². The fourth-order valence-electron chi connectivity index (χ4n) is 4.40. The molecule has 3 aromatic heterocycles. The Morgan fingerprint density at radius 3 is 2.54 bits per heavy atom. The van der Waals surface area contributed by atoms with Gasteiger partial charge in [0.05, 0.1) is 22.1 Å². The third-order valence-corrected chi connectivity index (χ3v) is 7.03. The Morgan fingerprint density at radius 2 is 1.69 bits per heavy atom. The fraction of sp³-hybridized carbons (Fsp3) is 0.154. The fourth-order valence-corrected chi connectivity index (χ4v) is 5.27. The molecule has 35 heavy (non-hydrogen) atoms. The van der Waals surface area contributed by atoms with Gasteiger partial charge in [0.25, 0.3) is 5.56 Å². The highest BCUT2D eigenvalue weighted by molar-refractivity contribution is 7.99. The lowest BCUT2D eigenvalue weighted by molar-refractivity contribution is 0.514. The molecule has 8 nitrogen and oxygen atoms in total. The number of nitrogens with zero attached hydrogens (tertiary/aromatic N) is 5. The van der Waals surface area contributed by atoms with Gasteiger partial charge in [0.2, 0.25) is 5.78 Å². The molecule has 174 valence electrons. The molecule has 3 aromatic carbocycles. The van der Waals surface area contributed by atoms with Crippen LogP contribution in [0.2, 0.25) is 0 Å². The molecule has 9 heteroatoms. The lowest BCUT2D eigenvalue weighted by Gasteiger charge is -2.14. The van der Waals surface area contributed by atoms with Gasteiger partial charge in [0.15, 0.2) is 10.7 Å². The van der Waals surface area contributed by atoms with Crippen LogP contribution in [0.1, 0.15) is 11.1 Å². The molecule has 0 saturated carbocycles. The van der Waals surface area contributed by atoms with Crippen molar-refractivity contribution in [1.82, 2.24) is 23.7 Å². The maximum atomic E-state index is 13.6. The number of benzene rings is 3. The van der Waals surface area contributed by atoms with Crippen molar-refractivity contribution in [2.45, 2.75) is 25.5 Å². The van der Waals surface area contributed by atoms with E-state index in [9.17, 15) is 9.59 Å². The summed E-state index contributed by atoms with van der Waals surface area (Å²) in [5.41, 5.74) is 4.74. The number of para-hydroxylation sites is 3. The summed E-state index contributed by atoms with van der Waals surface area (Å²) in [4.78, 5) is 25.9. The van der Waals surface area contributed by atoms with Crippen LogP contribution in [-0.4, -0.2) is 29.5 Å². The Hall–Kier alpha value is -4.11. The Labute approximate surface area is 203 Å². The quantitative estimate of drug-likeness (QED) is 0.339. The monoisotopic (exact) mass is 483 g/mol. The lowest BCUT2D eigenvalue weighted by atomic mass is 10.1. The average molecular weight is 484 g/mol. The highest BCUT2D eigenvalue weighted by Crippen LogP contribution is 2.25. The molecule has 3 heterocycles. The summed E-state index contributed by atoms with van der Waals surface area (Å²) in [6.07, 6.45) is 0. The van der Waals surface area contributed by atoms with Gasteiger partial charge < -0.3 is 4.42 Å². The molecule has 0 aliphatic heterocycles. The predicted octanol–water partition coefficient (Wildman–Crippen LogP) is 4.35. The van der Waals surface area contributed by atoms with Gasteiger partial charge in [0.1, 0.15) is 0 Å². The van der Waals surface area contributed by atoms with Crippen LogP contribution in [-0.2, 0) is 6.54 Å². The molecule has 0 spiro atoms. The second-order valence-electron chi connectivity index (χ2n) is 8.40.